The Kier molecular flexibility index (Phi) is 5.55. The first kappa shape index (κ1) is 19.5. The molecule has 0 aliphatic heterocycles. The van der Waals surface area contributed by atoms with Crippen LogP contribution in [-0.2, 0) is 17.8 Å². The summed E-state index contributed by atoms with van der Waals surface area (Å²) in [4.78, 5) is 33.8. The average molecular weight is 469 g/mol. The third-order valence-electron chi connectivity index (χ3n) is 4.36. The molecular weight excluding hydrogens is 452 g/mol. The number of carbonyl (C=O) groups excluding carboxylic acids is 1. The third kappa shape index (κ3) is 4.60. The normalized spacial score (nSPS) is 11.0. The van der Waals surface area contributed by atoms with Crippen LogP contribution in [0.4, 0.5) is 5.69 Å². The van der Waals surface area contributed by atoms with Crippen LogP contribution in [0.1, 0.15) is 16.3 Å². The third-order valence-corrected chi connectivity index (χ3v) is 5.76. The molecule has 4 rings (SSSR count). The van der Waals surface area contributed by atoms with Crippen LogP contribution in [0.3, 0.4) is 0 Å². The largest absolute Gasteiger partial charge is 0.326 e. The lowest BCUT2D eigenvalue weighted by atomic mass is 10.2. The molecule has 0 unspecified atom stereocenters. The van der Waals surface area contributed by atoms with E-state index in [1.165, 1.54) is 22.2 Å². The van der Waals surface area contributed by atoms with Gasteiger partial charge in [-0.3, -0.25) is 14.2 Å². The maximum atomic E-state index is 12.7. The van der Waals surface area contributed by atoms with Gasteiger partial charge in [0.1, 0.15) is 5.01 Å². The Balaban J connectivity index is 1.46. The van der Waals surface area contributed by atoms with Crippen molar-refractivity contribution in [3.05, 3.63) is 85.3 Å². The number of amides is 1. The van der Waals surface area contributed by atoms with Gasteiger partial charge in [0.25, 0.3) is 5.56 Å². The summed E-state index contributed by atoms with van der Waals surface area (Å²) in [6.45, 7) is 2.31. The molecule has 6 nitrogen and oxygen atoms in total. The molecule has 0 atom stereocenters. The molecule has 0 bridgehead atoms. The predicted octanol–water partition coefficient (Wildman–Crippen LogP) is 4.15. The zero-order chi connectivity index (χ0) is 20.4. The quantitative estimate of drug-likeness (QED) is 0.477. The van der Waals surface area contributed by atoms with E-state index in [4.69, 9.17) is 0 Å². The van der Waals surface area contributed by atoms with Gasteiger partial charge in [-0.1, -0.05) is 33.6 Å². The molecule has 0 aliphatic carbocycles. The van der Waals surface area contributed by atoms with Crippen LogP contribution in [0.25, 0.3) is 10.9 Å². The van der Waals surface area contributed by atoms with E-state index in [1.807, 2.05) is 42.6 Å². The Morgan fingerprint density at radius 3 is 2.79 bits per heavy atom. The van der Waals surface area contributed by atoms with Crippen molar-refractivity contribution in [3.63, 3.8) is 0 Å². The van der Waals surface area contributed by atoms with Crippen LogP contribution < -0.4 is 10.9 Å². The summed E-state index contributed by atoms with van der Waals surface area (Å²) in [5.41, 5.74) is 3.16. The topological polar surface area (TPSA) is 76.9 Å². The lowest BCUT2D eigenvalue weighted by Gasteiger charge is -2.05. The average Bonchev–Trinajstić information content (AvgIpc) is 3.13. The highest BCUT2D eigenvalue weighted by Gasteiger charge is 2.11. The highest BCUT2D eigenvalue weighted by Crippen LogP contribution is 2.16. The van der Waals surface area contributed by atoms with Crippen molar-refractivity contribution in [2.45, 2.75) is 19.9 Å². The van der Waals surface area contributed by atoms with Gasteiger partial charge in [-0.25, -0.2) is 9.97 Å². The van der Waals surface area contributed by atoms with Crippen molar-refractivity contribution in [3.8, 4) is 0 Å². The minimum absolute atomic E-state index is 0.121. The first-order chi connectivity index (χ1) is 14.0. The molecule has 0 saturated heterocycles. The summed E-state index contributed by atoms with van der Waals surface area (Å²) in [6, 6.07) is 13.1. The maximum absolute atomic E-state index is 12.7. The molecule has 29 heavy (non-hydrogen) atoms. The molecule has 0 aliphatic rings. The van der Waals surface area contributed by atoms with Crippen LogP contribution in [0, 0.1) is 6.92 Å². The summed E-state index contributed by atoms with van der Waals surface area (Å²) in [6.07, 6.45) is 1.72. The van der Waals surface area contributed by atoms with E-state index in [-0.39, 0.29) is 17.9 Å². The Morgan fingerprint density at radius 1 is 1.21 bits per heavy atom. The summed E-state index contributed by atoms with van der Waals surface area (Å²) < 4.78 is 2.36. The van der Waals surface area contributed by atoms with Gasteiger partial charge >= 0.3 is 0 Å². The van der Waals surface area contributed by atoms with Gasteiger partial charge in [-0.2, -0.15) is 0 Å². The molecule has 1 amide bonds. The molecule has 0 spiro atoms. The minimum atomic E-state index is -0.122. The summed E-state index contributed by atoms with van der Waals surface area (Å²) in [7, 11) is 0. The number of hydrogen-bond acceptors (Lipinski definition) is 5. The second-order valence-corrected chi connectivity index (χ2v) is 8.52. The SMILES string of the molecule is Cc1ccc(NC(=O)Cc2nc(Cn3cnc4ccc(Br)cc4c3=O)cs2)cc1. The number of carbonyl (C=O) groups is 1. The Labute approximate surface area is 179 Å². The van der Waals surface area contributed by atoms with Crippen molar-refractivity contribution in [1.82, 2.24) is 14.5 Å². The molecule has 4 aromatic rings. The Hall–Kier alpha value is -2.84. The second kappa shape index (κ2) is 8.26. The molecule has 2 aromatic carbocycles. The van der Waals surface area contributed by atoms with Crippen LogP contribution in [-0.4, -0.2) is 20.4 Å². The van der Waals surface area contributed by atoms with Gasteiger partial charge in [-0.15, -0.1) is 11.3 Å². The molecule has 8 heteroatoms. The van der Waals surface area contributed by atoms with Crippen LogP contribution >= 0.6 is 27.3 Å². The second-order valence-electron chi connectivity index (χ2n) is 6.66. The molecule has 0 saturated carbocycles. The summed E-state index contributed by atoms with van der Waals surface area (Å²) in [5, 5.41) is 5.99. The fourth-order valence-electron chi connectivity index (χ4n) is 2.90. The minimum Gasteiger partial charge on any atom is -0.326 e. The molecule has 146 valence electrons. The number of fused-ring (bicyclic) bond motifs is 1. The number of thiazole rings is 1. The van der Waals surface area contributed by atoms with Crippen LogP contribution in [0.15, 0.2) is 63.4 Å². The number of rotatable bonds is 5. The van der Waals surface area contributed by atoms with E-state index < -0.39 is 0 Å². The number of hydrogen-bond donors (Lipinski definition) is 1. The molecule has 1 N–H and O–H groups in total. The molecular formula is C21H17BrN4O2S. The first-order valence-electron chi connectivity index (χ1n) is 8.92. The van der Waals surface area contributed by atoms with Crippen molar-refractivity contribution in [2.75, 3.05) is 5.32 Å². The summed E-state index contributed by atoms with van der Waals surface area (Å²) >= 11 is 4.79. The molecule has 0 fully saturated rings. The molecule has 0 radical (unpaired) electrons. The van der Waals surface area contributed by atoms with Crippen LogP contribution in [0.5, 0.6) is 0 Å². The zero-order valence-electron chi connectivity index (χ0n) is 15.6. The van der Waals surface area contributed by atoms with Crippen molar-refractivity contribution < 1.29 is 4.79 Å². The maximum Gasteiger partial charge on any atom is 0.261 e. The molecule has 2 heterocycles. The van der Waals surface area contributed by atoms with Gasteiger partial charge in [0.2, 0.25) is 5.91 Å². The van der Waals surface area contributed by atoms with Crippen molar-refractivity contribution >= 4 is 49.8 Å². The lowest BCUT2D eigenvalue weighted by Crippen LogP contribution is -2.21. The Morgan fingerprint density at radius 2 is 2.00 bits per heavy atom. The van der Waals surface area contributed by atoms with Gasteiger partial charge < -0.3 is 5.32 Å². The van der Waals surface area contributed by atoms with Gasteiger partial charge in [0.15, 0.2) is 0 Å². The van der Waals surface area contributed by atoms with E-state index in [0.717, 1.165) is 21.4 Å². The number of halogens is 1. The summed E-state index contributed by atoms with van der Waals surface area (Å²) in [5.74, 6) is -0.121. The monoisotopic (exact) mass is 468 g/mol. The highest BCUT2D eigenvalue weighted by molar-refractivity contribution is 9.10. The van der Waals surface area contributed by atoms with Crippen molar-refractivity contribution in [1.29, 1.82) is 0 Å². The number of anilines is 1. The highest BCUT2D eigenvalue weighted by atomic mass is 79.9. The van der Waals surface area contributed by atoms with E-state index in [2.05, 4.69) is 31.2 Å². The number of benzene rings is 2. The lowest BCUT2D eigenvalue weighted by molar-refractivity contribution is -0.115. The van der Waals surface area contributed by atoms with Gasteiger partial charge in [0, 0.05) is 15.5 Å². The first-order valence-corrected chi connectivity index (χ1v) is 10.6. The van der Waals surface area contributed by atoms with Gasteiger partial charge in [-0.05, 0) is 37.3 Å². The van der Waals surface area contributed by atoms with Gasteiger partial charge in [0.05, 0.1) is 35.9 Å². The predicted molar refractivity (Wildman–Crippen MR) is 118 cm³/mol. The fourth-order valence-corrected chi connectivity index (χ4v) is 4.05. The fraction of sp³-hybridized carbons (Fsp3) is 0.143. The number of aromatic nitrogens is 3. The zero-order valence-corrected chi connectivity index (χ0v) is 18.0. The smallest absolute Gasteiger partial charge is 0.261 e. The standard InChI is InChI=1S/C21H17BrN4O2S/c1-13-2-5-15(6-3-13)24-19(27)9-20-25-16(11-29-20)10-26-12-23-18-7-4-14(22)8-17(18)21(26)28/h2-8,11-12H,9-10H2,1H3,(H,24,27). The van der Waals surface area contributed by atoms with Crippen LogP contribution in [0.2, 0.25) is 0 Å². The van der Waals surface area contributed by atoms with E-state index in [9.17, 15) is 9.59 Å². The Bertz CT molecular complexity index is 1250. The number of nitrogens with zero attached hydrogens (tertiary/aromatic N) is 3. The van der Waals surface area contributed by atoms with E-state index in [1.54, 1.807) is 12.1 Å². The molecule has 2 aromatic heterocycles. The number of nitrogens with one attached hydrogen (secondary N) is 1. The van der Waals surface area contributed by atoms with E-state index >= 15 is 0 Å². The van der Waals surface area contributed by atoms with Crippen molar-refractivity contribution in [2.24, 2.45) is 0 Å². The number of aryl methyl sites for hydroxylation is 1. The van der Waals surface area contributed by atoms with E-state index in [0.29, 0.717) is 22.5 Å².